The van der Waals surface area contributed by atoms with Gasteiger partial charge in [0.2, 0.25) is 0 Å². The van der Waals surface area contributed by atoms with Gasteiger partial charge in [-0.1, -0.05) is 36.5 Å². The molecule has 0 aliphatic heterocycles. The van der Waals surface area contributed by atoms with E-state index in [1.165, 1.54) is 0 Å². The first-order chi connectivity index (χ1) is 7.63. The van der Waals surface area contributed by atoms with Crippen LogP contribution in [0.2, 0.25) is 10.0 Å². The molecule has 1 amide bonds. The Balaban J connectivity index is 2.46. The Morgan fingerprint density at radius 2 is 2.12 bits per heavy atom. The first-order valence-corrected chi connectivity index (χ1v) is 5.78. The molecule has 0 bridgehead atoms. The highest BCUT2D eigenvalue weighted by atomic mass is 35.5. The minimum atomic E-state index is -0.480. The number of hydrogen-bond acceptors (Lipinski definition) is 2. The Morgan fingerprint density at radius 3 is 2.75 bits per heavy atom. The zero-order chi connectivity index (χ0) is 12.0. The number of carbonyl (C=O) groups excluding carboxylic acids is 1. The monoisotopic (exact) mass is 261 g/mol. The Hall–Kier alpha value is -0.930. The van der Waals surface area contributed by atoms with Crippen LogP contribution >= 0.6 is 23.2 Å². The molecule has 0 heterocycles. The molecule has 0 aliphatic carbocycles. The maximum absolute atomic E-state index is 11.3. The van der Waals surface area contributed by atoms with E-state index in [9.17, 15) is 4.79 Å². The van der Waals surface area contributed by atoms with Gasteiger partial charge in [0.05, 0.1) is 16.7 Å². The second kappa shape index (κ2) is 6.61. The number of amides is 1. The molecule has 0 unspecified atom stereocenters. The summed E-state index contributed by atoms with van der Waals surface area (Å²) >= 11 is 11.5. The molecule has 0 aliphatic rings. The van der Waals surface area contributed by atoms with Crippen LogP contribution in [-0.4, -0.2) is 12.7 Å². The predicted octanol–water partition coefficient (Wildman–Crippen LogP) is 4.34. The fourth-order valence-corrected chi connectivity index (χ4v) is 1.34. The normalized spacial score (nSPS) is 9.94. The molecule has 0 radical (unpaired) electrons. The molecule has 3 nitrogen and oxygen atoms in total. The molecule has 0 atom stereocenters. The van der Waals surface area contributed by atoms with Crippen LogP contribution < -0.4 is 5.32 Å². The molecular formula is C11H13Cl2NO2. The Kier molecular flexibility index (Phi) is 5.43. The molecule has 1 aromatic rings. The van der Waals surface area contributed by atoms with Crippen molar-refractivity contribution in [3.63, 3.8) is 0 Å². The van der Waals surface area contributed by atoms with Crippen molar-refractivity contribution in [2.45, 2.75) is 19.8 Å². The fourth-order valence-electron chi connectivity index (χ4n) is 1.04. The molecule has 16 heavy (non-hydrogen) atoms. The summed E-state index contributed by atoms with van der Waals surface area (Å²) in [4.78, 5) is 11.3. The van der Waals surface area contributed by atoms with E-state index < -0.39 is 6.09 Å². The minimum absolute atomic E-state index is 0.396. The average Bonchev–Trinajstić information content (AvgIpc) is 2.24. The lowest BCUT2D eigenvalue weighted by molar-refractivity contribution is 0.160. The zero-order valence-electron chi connectivity index (χ0n) is 8.93. The molecule has 0 saturated carbocycles. The lowest BCUT2D eigenvalue weighted by Crippen LogP contribution is -2.14. The van der Waals surface area contributed by atoms with Gasteiger partial charge in [0, 0.05) is 5.69 Å². The van der Waals surface area contributed by atoms with Crippen molar-refractivity contribution in [2.24, 2.45) is 0 Å². The Labute approximate surface area is 105 Å². The molecule has 0 aromatic heterocycles. The smallest absolute Gasteiger partial charge is 0.411 e. The van der Waals surface area contributed by atoms with Crippen LogP contribution in [0.5, 0.6) is 0 Å². The molecule has 0 saturated heterocycles. The van der Waals surface area contributed by atoms with Gasteiger partial charge < -0.3 is 4.74 Å². The van der Waals surface area contributed by atoms with Gasteiger partial charge in [-0.05, 0) is 24.6 Å². The van der Waals surface area contributed by atoms with E-state index in [4.69, 9.17) is 27.9 Å². The average molecular weight is 262 g/mol. The van der Waals surface area contributed by atoms with E-state index in [0.29, 0.717) is 22.3 Å². The third-order valence-electron chi connectivity index (χ3n) is 1.90. The van der Waals surface area contributed by atoms with Crippen molar-refractivity contribution < 1.29 is 9.53 Å². The number of carbonyl (C=O) groups is 1. The standard InChI is InChI=1S/C11H13Cl2NO2/c1-2-3-6-16-11(15)14-8-4-5-9(12)10(13)7-8/h4-5,7H,2-3,6H2,1H3,(H,14,15). The number of rotatable bonds is 4. The quantitative estimate of drug-likeness (QED) is 0.819. The third-order valence-corrected chi connectivity index (χ3v) is 2.64. The van der Waals surface area contributed by atoms with Crippen molar-refractivity contribution in [3.05, 3.63) is 28.2 Å². The minimum Gasteiger partial charge on any atom is -0.449 e. The number of anilines is 1. The van der Waals surface area contributed by atoms with Gasteiger partial charge in [0.25, 0.3) is 0 Å². The summed E-state index contributed by atoms with van der Waals surface area (Å²) in [5, 5.41) is 3.41. The molecule has 1 rings (SSSR count). The number of unbranched alkanes of at least 4 members (excludes halogenated alkanes) is 1. The van der Waals surface area contributed by atoms with Crippen molar-refractivity contribution in [3.8, 4) is 0 Å². The molecule has 1 N–H and O–H groups in total. The summed E-state index contributed by atoms with van der Waals surface area (Å²) in [6.45, 7) is 2.45. The summed E-state index contributed by atoms with van der Waals surface area (Å²) in [5.41, 5.74) is 0.566. The largest absolute Gasteiger partial charge is 0.449 e. The topological polar surface area (TPSA) is 38.3 Å². The van der Waals surface area contributed by atoms with Crippen molar-refractivity contribution in [1.82, 2.24) is 0 Å². The number of nitrogens with one attached hydrogen (secondary N) is 1. The SMILES string of the molecule is CCCCOC(=O)Nc1ccc(Cl)c(Cl)c1. The van der Waals surface area contributed by atoms with Gasteiger partial charge in [0.15, 0.2) is 0 Å². The maximum Gasteiger partial charge on any atom is 0.411 e. The van der Waals surface area contributed by atoms with E-state index >= 15 is 0 Å². The molecule has 1 aromatic carbocycles. The van der Waals surface area contributed by atoms with Gasteiger partial charge in [-0.15, -0.1) is 0 Å². The summed E-state index contributed by atoms with van der Waals surface area (Å²) < 4.78 is 4.93. The van der Waals surface area contributed by atoms with E-state index in [1.54, 1.807) is 18.2 Å². The highest BCUT2D eigenvalue weighted by molar-refractivity contribution is 6.42. The van der Waals surface area contributed by atoms with Crippen molar-refractivity contribution in [2.75, 3.05) is 11.9 Å². The predicted molar refractivity (Wildman–Crippen MR) is 66.3 cm³/mol. The number of ether oxygens (including phenoxy) is 1. The summed E-state index contributed by atoms with van der Waals surface area (Å²) in [6.07, 6.45) is 1.36. The Morgan fingerprint density at radius 1 is 1.38 bits per heavy atom. The van der Waals surface area contributed by atoms with Crippen LogP contribution in [0, 0.1) is 0 Å². The van der Waals surface area contributed by atoms with Crippen LogP contribution in [0.3, 0.4) is 0 Å². The first-order valence-electron chi connectivity index (χ1n) is 5.02. The summed E-state index contributed by atoms with van der Waals surface area (Å²) in [7, 11) is 0. The second-order valence-electron chi connectivity index (χ2n) is 3.24. The van der Waals surface area contributed by atoms with E-state index in [1.807, 2.05) is 6.92 Å². The third kappa shape index (κ3) is 4.29. The lowest BCUT2D eigenvalue weighted by Gasteiger charge is -2.07. The Bertz CT molecular complexity index is 369. The zero-order valence-corrected chi connectivity index (χ0v) is 10.4. The van der Waals surface area contributed by atoms with E-state index in [-0.39, 0.29) is 0 Å². The van der Waals surface area contributed by atoms with Gasteiger partial charge in [-0.2, -0.15) is 0 Å². The molecular weight excluding hydrogens is 249 g/mol. The number of hydrogen-bond donors (Lipinski definition) is 1. The van der Waals surface area contributed by atoms with Crippen LogP contribution in [0.25, 0.3) is 0 Å². The number of benzene rings is 1. The molecule has 88 valence electrons. The molecule has 0 spiro atoms. The maximum atomic E-state index is 11.3. The first kappa shape index (κ1) is 13.1. The van der Waals surface area contributed by atoms with E-state index in [0.717, 1.165) is 12.8 Å². The summed E-state index contributed by atoms with van der Waals surface area (Å²) in [5.74, 6) is 0. The van der Waals surface area contributed by atoms with Gasteiger partial charge in [0.1, 0.15) is 0 Å². The van der Waals surface area contributed by atoms with Crippen LogP contribution in [-0.2, 0) is 4.74 Å². The molecule has 0 fully saturated rings. The van der Waals surface area contributed by atoms with Gasteiger partial charge in [-0.25, -0.2) is 4.79 Å². The second-order valence-corrected chi connectivity index (χ2v) is 4.06. The highest BCUT2D eigenvalue weighted by Crippen LogP contribution is 2.24. The number of halogens is 2. The van der Waals surface area contributed by atoms with Crippen molar-refractivity contribution in [1.29, 1.82) is 0 Å². The van der Waals surface area contributed by atoms with Gasteiger partial charge >= 0.3 is 6.09 Å². The van der Waals surface area contributed by atoms with E-state index in [2.05, 4.69) is 5.32 Å². The fraction of sp³-hybridized carbons (Fsp3) is 0.364. The van der Waals surface area contributed by atoms with Crippen LogP contribution in [0.4, 0.5) is 10.5 Å². The van der Waals surface area contributed by atoms with Gasteiger partial charge in [-0.3, -0.25) is 5.32 Å². The summed E-state index contributed by atoms with van der Waals surface area (Å²) in [6, 6.07) is 4.85. The van der Waals surface area contributed by atoms with Crippen LogP contribution in [0.1, 0.15) is 19.8 Å². The van der Waals surface area contributed by atoms with Crippen LogP contribution in [0.15, 0.2) is 18.2 Å². The highest BCUT2D eigenvalue weighted by Gasteiger charge is 2.04. The molecule has 5 heteroatoms. The lowest BCUT2D eigenvalue weighted by atomic mass is 10.3. The van der Waals surface area contributed by atoms with Crippen molar-refractivity contribution >= 4 is 35.0 Å².